The monoisotopic (exact) mass is 243 g/mol. The molecule has 0 aliphatic rings. The van der Waals surface area contributed by atoms with Crippen molar-refractivity contribution in [3.8, 4) is 0 Å². The maximum Gasteiger partial charge on any atom is 0.0564 e. The summed E-state index contributed by atoms with van der Waals surface area (Å²) in [5.41, 5.74) is 0. The first-order valence-electron chi connectivity index (χ1n) is 18.0. The van der Waals surface area contributed by atoms with Crippen molar-refractivity contribution in [3.05, 3.63) is 0 Å². The van der Waals surface area contributed by atoms with Gasteiger partial charge in [-0.05, 0) is 6.37 Å². The zero-order valence-corrected chi connectivity index (χ0v) is 7.45. The molecule has 0 unspecified atom stereocenters. The molecular formula is C14H30O. The Kier molecular flexibility index (Phi) is 1.47. The summed E-state index contributed by atoms with van der Waals surface area (Å²) in [7, 11) is 0. The summed E-state index contributed by atoms with van der Waals surface area (Å²) in [6.45, 7) is -8.37. The van der Waals surface area contributed by atoms with Crippen LogP contribution < -0.4 is 0 Å². The molecule has 0 aromatic heterocycles. The Bertz CT molecular complexity index is 969. The summed E-state index contributed by atoms with van der Waals surface area (Å²) in [6.07, 6.45) is -57.3. The second-order valence-corrected chi connectivity index (χ2v) is 1.61. The molecule has 1 N–H and O–H groups in total. The smallest absolute Gasteiger partial charge is 0.0564 e. The van der Waals surface area contributed by atoms with E-state index >= 15 is 0 Å². The fraction of sp³-hybridized carbons (Fsp3) is 1.00. The van der Waals surface area contributed by atoms with Crippen LogP contribution in [0.25, 0.3) is 0 Å². The molecule has 0 spiro atoms. The lowest BCUT2D eigenvalue weighted by molar-refractivity contribution is 0.282. The van der Waals surface area contributed by atoms with E-state index in [0.29, 0.717) is 0 Å². The van der Waals surface area contributed by atoms with Crippen LogP contribution in [0, 0.1) is 0 Å². The maximum absolute atomic E-state index is 9.43. The van der Waals surface area contributed by atoms with Gasteiger partial charge in [0.2, 0.25) is 0 Å². The van der Waals surface area contributed by atoms with E-state index in [1.165, 1.54) is 0 Å². The first-order chi connectivity index (χ1) is 18.2. The van der Waals surface area contributed by atoms with Crippen LogP contribution in [0.5, 0.6) is 0 Å². The lowest BCUT2D eigenvalue weighted by Crippen LogP contribution is -1.84. The van der Waals surface area contributed by atoms with Crippen LogP contribution in [-0.4, -0.2) is 11.7 Å². The van der Waals surface area contributed by atoms with Gasteiger partial charge in [0.1, 0.15) is 0 Å². The lowest BCUT2D eigenvalue weighted by atomic mass is 10.1. The minimum atomic E-state index is -5.00. The molecular weight excluding hydrogens is 184 g/mol. The Balaban J connectivity index is 7.52. The van der Waals surface area contributed by atoms with E-state index in [1.807, 2.05) is 0 Å². The molecule has 0 heterocycles. The van der Waals surface area contributed by atoms with Gasteiger partial charge in [-0.15, -0.1) is 0 Å². The average molecular weight is 244 g/mol. The molecule has 0 amide bonds. The van der Waals surface area contributed by atoms with E-state index in [4.69, 9.17) is 39.8 Å². The SMILES string of the molecule is [2H]C([2H])([2H])C([2H])([2H])C([2H])([2H])C([2H])([2H])C([2H])([2H])C([2H])([2H])C([2H])([2H])C([2H])([2H])C([2H])([2H])C([2H])([2H])C([2H])([2H])C([2H])([2H])C([2H])([2H])C([2H])([2H])O. The second-order valence-electron chi connectivity index (χ2n) is 1.61. The van der Waals surface area contributed by atoms with Crippen LogP contribution in [0.3, 0.4) is 0 Å². The fourth-order valence-electron chi connectivity index (χ4n) is 0.340. The van der Waals surface area contributed by atoms with Gasteiger partial charge in [-0.1, -0.05) is 77.0 Å². The van der Waals surface area contributed by atoms with Crippen molar-refractivity contribution in [2.75, 3.05) is 6.56 Å². The topological polar surface area (TPSA) is 20.2 Å². The Hall–Kier alpha value is -0.0400. The third-order valence-corrected chi connectivity index (χ3v) is 0.743. The van der Waals surface area contributed by atoms with E-state index in [1.54, 1.807) is 0 Å². The Labute approximate surface area is 137 Å². The van der Waals surface area contributed by atoms with Crippen molar-refractivity contribution < 1.29 is 44.9 Å². The van der Waals surface area contributed by atoms with Crippen LogP contribution in [0.15, 0.2) is 0 Å². The molecule has 0 atom stereocenters. The number of hydrogen-bond donors (Lipinski definition) is 1. The van der Waals surface area contributed by atoms with E-state index < -0.39 is 89.9 Å². The molecule has 0 rings (SSSR count). The van der Waals surface area contributed by atoms with E-state index in [2.05, 4.69) is 0 Å². The summed E-state index contributed by atoms with van der Waals surface area (Å²) in [6, 6.07) is 0. The normalized spacial score (nSPS) is 52.7. The van der Waals surface area contributed by atoms with Gasteiger partial charge in [0, 0.05) is 43.6 Å². The number of rotatable bonds is 12. The fourth-order valence-corrected chi connectivity index (χ4v) is 0.340. The molecule has 0 aliphatic heterocycles. The summed E-state index contributed by atoms with van der Waals surface area (Å²) < 4.78 is 225. The molecule has 0 saturated carbocycles. The minimum Gasteiger partial charge on any atom is -0.396 e. The van der Waals surface area contributed by atoms with Gasteiger partial charge in [-0.25, -0.2) is 0 Å². The van der Waals surface area contributed by atoms with Crippen LogP contribution in [-0.2, 0) is 0 Å². The van der Waals surface area contributed by atoms with Gasteiger partial charge in [-0.2, -0.15) is 0 Å². The molecule has 0 aromatic rings. The van der Waals surface area contributed by atoms with Gasteiger partial charge in [0.25, 0.3) is 0 Å². The van der Waals surface area contributed by atoms with Gasteiger partial charge in [-0.3, -0.25) is 0 Å². The van der Waals surface area contributed by atoms with E-state index in [-0.39, 0.29) is 0 Å². The second kappa shape index (κ2) is 14.0. The zero-order chi connectivity index (χ0) is 37.0. The molecule has 0 saturated heterocycles. The highest BCUT2D eigenvalue weighted by atomic mass is 16.2. The molecule has 0 bridgehead atoms. The Morgan fingerprint density at radius 2 is 1.13 bits per heavy atom. The van der Waals surface area contributed by atoms with E-state index in [0.717, 1.165) is 0 Å². The number of hydrogen-bond acceptors (Lipinski definition) is 1. The van der Waals surface area contributed by atoms with Crippen molar-refractivity contribution in [1.29, 1.82) is 0 Å². The van der Waals surface area contributed by atoms with Crippen LogP contribution in [0.1, 0.15) is 123 Å². The predicted octanol–water partition coefficient (Wildman–Crippen LogP) is 4.68. The largest absolute Gasteiger partial charge is 0.396 e. The van der Waals surface area contributed by atoms with Gasteiger partial charge in [0.15, 0.2) is 0 Å². The Morgan fingerprint density at radius 1 is 0.733 bits per heavy atom. The molecule has 1 heteroatoms. The van der Waals surface area contributed by atoms with Crippen molar-refractivity contribution in [2.45, 2.75) is 83.3 Å². The first-order valence-corrected chi connectivity index (χ1v) is 3.47. The van der Waals surface area contributed by atoms with Crippen molar-refractivity contribution in [2.24, 2.45) is 0 Å². The molecule has 0 aliphatic carbocycles. The molecule has 15 heavy (non-hydrogen) atoms. The first kappa shape index (κ1) is 1.58. The summed E-state index contributed by atoms with van der Waals surface area (Å²) in [5, 5.41) is 9.43. The lowest BCUT2D eigenvalue weighted by Gasteiger charge is -2.01. The van der Waals surface area contributed by atoms with Gasteiger partial charge < -0.3 is 5.11 Å². The molecule has 0 fully saturated rings. The van der Waals surface area contributed by atoms with Crippen LogP contribution in [0.4, 0.5) is 0 Å². The van der Waals surface area contributed by atoms with Crippen LogP contribution >= 0.6 is 0 Å². The minimum absolute atomic E-state index is 4.06. The van der Waals surface area contributed by atoms with Crippen molar-refractivity contribution in [3.63, 3.8) is 0 Å². The highest BCUT2D eigenvalue weighted by molar-refractivity contribution is 4.47. The highest BCUT2D eigenvalue weighted by Crippen LogP contribution is 2.11. The van der Waals surface area contributed by atoms with Gasteiger partial charge in [0.05, 0.1) is 2.74 Å². The average Bonchev–Trinajstić information content (AvgIpc) is 2.75. The standard InChI is InChI=1S/C14H30O/c1-2-3-4-5-6-7-8-9-10-11-12-13-14-15/h15H,2-14H2,1H3/i1D3,2D2,3D2,4D2,5D2,6D2,7D2,8D2,9D2,10D2,11D2,12D2,13D2,14D2. The van der Waals surface area contributed by atoms with Crippen molar-refractivity contribution in [1.82, 2.24) is 0 Å². The van der Waals surface area contributed by atoms with Crippen LogP contribution in [0.2, 0.25) is 0 Å². The zero-order valence-electron chi connectivity index (χ0n) is 36.4. The summed E-state index contributed by atoms with van der Waals surface area (Å²) in [5.74, 6) is 0. The van der Waals surface area contributed by atoms with Gasteiger partial charge >= 0.3 is 0 Å². The maximum atomic E-state index is 9.43. The molecule has 0 aromatic carbocycles. The number of aliphatic hydroxyl groups is 1. The summed E-state index contributed by atoms with van der Waals surface area (Å²) >= 11 is 0. The summed E-state index contributed by atoms with van der Waals surface area (Å²) in [4.78, 5) is 0. The third-order valence-electron chi connectivity index (χ3n) is 0.743. The Morgan fingerprint density at radius 3 is 1.53 bits per heavy atom. The quantitative estimate of drug-likeness (QED) is 0.528. The predicted molar refractivity (Wildman–Crippen MR) is 68.2 cm³/mol. The highest BCUT2D eigenvalue weighted by Gasteiger charge is 1.92. The van der Waals surface area contributed by atoms with Crippen molar-refractivity contribution >= 4 is 0 Å². The molecule has 1 nitrogen and oxygen atoms in total. The molecule has 0 radical (unpaired) electrons. The molecule has 92 valence electrons. The third kappa shape index (κ3) is 14.0. The van der Waals surface area contributed by atoms with E-state index in [9.17, 15) is 5.11 Å².